The van der Waals surface area contributed by atoms with Crippen LogP contribution in [0.2, 0.25) is 0 Å². The predicted molar refractivity (Wildman–Crippen MR) is 101 cm³/mol. The molecule has 0 aliphatic carbocycles. The molecule has 2 atom stereocenters. The fraction of sp³-hybridized carbons (Fsp3) is 0.429. The molecule has 1 aromatic carbocycles. The summed E-state index contributed by atoms with van der Waals surface area (Å²) in [7, 11) is 2.00. The van der Waals surface area contributed by atoms with Crippen LogP contribution in [0.25, 0.3) is 11.3 Å². The highest BCUT2D eigenvalue weighted by atomic mass is 16.2. The summed E-state index contributed by atoms with van der Waals surface area (Å²) in [6.07, 6.45) is 2.53. The number of carbonyl (C=O) groups excluding carboxylic acids is 2. The van der Waals surface area contributed by atoms with Crippen LogP contribution in [-0.4, -0.2) is 40.4 Å². The molecule has 2 aliphatic heterocycles. The molecule has 2 aromatic rings. The van der Waals surface area contributed by atoms with E-state index in [2.05, 4.69) is 22.0 Å². The Bertz CT molecular complexity index is 840. The summed E-state index contributed by atoms with van der Waals surface area (Å²) in [4.78, 5) is 26.9. The summed E-state index contributed by atoms with van der Waals surface area (Å²) in [5.41, 5.74) is 3.89. The lowest BCUT2D eigenvalue weighted by atomic mass is 9.99. The Hall–Kier alpha value is -2.56. The molecular formula is C21H25N3O2. The number of amides is 2. The number of fused-ring (bicyclic) bond motifs is 1. The molecule has 5 heteroatoms. The maximum absolute atomic E-state index is 13.2. The first-order valence-corrected chi connectivity index (χ1v) is 9.35. The second-order valence-electron chi connectivity index (χ2n) is 7.49. The van der Waals surface area contributed by atoms with Gasteiger partial charge in [-0.2, -0.15) is 0 Å². The second kappa shape index (κ2) is 6.63. The van der Waals surface area contributed by atoms with Gasteiger partial charge in [0.05, 0.1) is 11.6 Å². The Morgan fingerprint density at radius 1 is 1.19 bits per heavy atom. The van der Waals surface area contributed by atoms with Gasteiger partial charge in [-0.25, -0.2) is 0 Å². The van der Waals surface area contributed by atoms with E-state index in [0.29, 0.717) is 18.9 Å². The summed E-state index contributed by atoms with van der Waals surface area (Å²) in [6.45, 7) is 3.35. The molecule has 136 valence electrons. The summed E-state index contributed by atoms with van der Waals surface area (Å²) in [6, 6.07) is 12.2. The molecule has 0 bridgehead atoms. The highest BCUT2D eigenvalue weighted by molar-refractivity contribution is 5.97. The smallest absolute Gasteiger partial charge is 0.255 e. The van der Waals surface area contributed by atoms with Crippen molar-refractivity contribution in [2.45, 2.75) is 32.2 Å². The molecule has 1 aromatic heterocycles. The molecule has 5 nitrogen and oxygen atoms in total. The van der Waals surface area contributed by atoms with Crippen LogP contribution in [0.5, 0.6) is 0 Å². The van der Waals surface area contributed by atoms with Crippen molar-refractivity contribution in [1.29, 1.82) is 0 Å². The molecule has 0 spiro atoms. The van der Waals surface area contributed by atoms with Crippen molar-refractivity contribution in [3.63, 3.8) is 0 Å². The molecule has 0 radical (unpaired) electrons. The van der Waals surface area contributed by atoms with E-state index in [1.165, 1.54) is 0 Å². The van der Waals surface area contributed by atoms with Crippen molar-refractivity contribution in [2.24, 2.45) is 13.0 Å². The summed E-state index contributed by atoms with van der Waals surface area (Å²) in [5.74, 6) is 0.569. The lowest BCUT2D eigenvalue weighted by Crippen LogP contribution is -2.39. The summed E-state index contributed by atoms with van der Waals surface area (Å²) < 4.78 is 2.08. The highest BCUT2D eigenvalue weighted by Gasteiger charge is 2.38. The zero-order chi connectivity index (χ0) is 18.3. The van der Waals surface area contributed by atoms with Gasteiger partial charge in [0.15, 0.2) is 0 Å². The lowest BCUT2D eigenvalue weighted by molar-refractivity contribution is -0.121. The molecule has 0 saturated carbocycles. The van der Waals surface area contributed by atoms with Gasteiger partial charge >= 0.3 is 0 Å². The van der Waals surface area contributed by atoms with Gasteiger partial charge in [-0.05, 0) is 37.3 Å². The Morgan fingerprint density at radius 2 is 1.96 bits per heavy atom. The van der Waals surface area contributed by atoms with E-state index in [0.717, 1.165) is 41.9 Å². The molecule has 26 heavy (non-hydrogen) atoms. The van der Waals surface area contributed by atoms with Gasteiger partial charge in [0.2, 0.25) is 5.91 Å². The first-order valence-electron chi connectivity index (χ1n) is 9.35. The predicted octanol–water partition coefficient (Wildman–Crippen LogP) is 2.74. The second-order valence-corrected chi connectivity index (χ2v) is 7.49. The largest absolute Gasteiger partial charge is 0.351 e. The summed E-state index contributed by atoms with van der Waals surface area (Å²) in [5, 5.41) is 3.10. The van der Waals surface area contributed by atoms with Crippen LogP contribution in [0.3, 0.4) is 0 Å². The van der Waals surface area contributed by atoms with E-state index in [1.807, 2.05) is 43.1 Å². The standard InChI is InChI=1S/C21H25N3O2/c1-14-17(11-19(23(14)2)15-7-4-3-5-8-15)21(26)24-12-16-9-6-10-20(25)22-18(16)13-24/h3-5,7-8,11,16,18H,6,9-10,12-13H2,1-2H3,(H,22,25)/t16-,18+/m1/s1. The van der Waals surface area contributed by atoms with E-state index in [1.54, 1.807) is 0 Å². The topological polar surface area (TPSA) is 54.3 Å². The number of hydrogen-bond acceptors (Lipinski definition) is 2. The minimum Gasteiger partial charge on any atom is -0.351 e. The maximum Gasteiger partial charge on any atom is 0.255 e. The van der Waals surface area contributed by atoms with Crippen LogP contribution in [0.1, 0.15) is 35.3 Å². The van der Waals surface area contributed by atoms with Gasteiger partial charge in [0, 0.05) is 37.9 Å². The van der Waals surface area contributed by atoms with Crippen LogP contribution in [-0.2, 0) is 11.8 Å². The van der Waals surface area contributed by atoms with Crippen LogP contribution < -0.4 is 5.32 Å². The molecular weight excluding hydrogens is 326 g/mol. The van der Waals surface area contributed by atoms with Gasteiger partial charge in [-0.1, -0.05) is 30.3 Å². The Morgan fingerprint density at radius 3 is 2.73 bits per heavy atom. The number of carbonyl (C=O) groups is 2. The average molecular weight is 351 g/mol. The Labute approximate surface area is 154 Å². The molecule has 1 N–H and O–H groups in total. The van der Waals surface area contributed by atoms with Gasteiger partial charge < -0.3 is 14.8 Å². The zero-order valence-corrected chi connectivity index (χ0v) is 15.4. The number of nitrogens with one attached hydrogen (secondary N) is 1. The fourth-order valence-corrected chi connectivity index (χ4v) is 4.27. The molecule has 3 heterocycles. The summed E-state index contributed by atoms with van der Waals surface area (Å²) >= 11 is 0. The van der Waals surface area contributed by atoms with E-state index >= 15 is 0 Å². The van der Waals surface area contributed by atoms with Gasteiger partial charge in [0.1, 0.15) is 0 Å². The van der Waals surface area contributed by atoms with Crippen molar-refractivity contribution >= 4 is 11.8 Å². The first kappa shape index (κ1) is 16.9. The molecule has 4 rings (SSSR count). The molecule has 0 unspecified atom stereocenters. The van der Waals surface area contributed by atoms with Crippen LogP contribution in [0.15, 0.2) is 36.4 Å². The SMILES string of the molecule is Cc1c(C(=O)N2C[C@H]3CCCC(=O)N[C@H]3C2)cc(-c2ccccc2)n1C. The number of nitrogens with zero attached hydrogens (tertiary/aromatic N) is 2. The zero-order valence-electron chi connectivity index (χ0n) is 15.4. The third-order valence-corrected chi connectivity index (χ3v) is 5.89. The minimum absolute atomic E-state index is 0.0719. The van der Waals surface area contributed by atoms with Crippen molar-refractivity contribution < 1.29 is 9.59 Å². The van der Waals surface area contributed by atoms with E-state index in [4.69, 9.17) is 0 Å². The number of likely N-dealkylation sites (tertiary alicyclic amines) is 1. The number of hydrogen-bond donors (Lipinski definition) is 1. The van der Waals surface area contributed by atoms with Crippen molar-refractivity contribution in [1.82, 2.24) is 14.8 Å². The lowest BCUT2D eigenvalue weighted by Gasteiger charge is -2.17. The van der Waals surface area contributed by atoms with Gasteiger partial charge in [0.25, 0.3) is 5.91 Å². The third-order valence-electron chi connectivity index (χ3n) is 5.89. The van der Waals surface area contributed by atoms with Crippen LogP contribution >= 0.6 is 0 Å². The monoisotopic (exact) mass is 351 g/mol. The number of rotatable bonds is 2. The fourth-order valence-electron chi connectivity index (χ4n) is 4.27. The average Bonchev–Trinajstić information content (AvgIpc) is 3.11. The van der Waals surface area contributed by atoms with Crippen molar-refractivity contribution in [2.75, 3.05) is 13.1 Å². The normalized spacial score (nSPS) is 22.7. The molecule has 2 saturated heterocycles. The quantitative estimate of drug-likeness (QED) is 0.904. The Balaban J connectivity index is 1.59. The third kappa shape index (κ3) is 2.91. The van der Waals surface area contributed by atoms with Gasteiger partial charge in [-0.15, -0.1) is 0 Å². The molecule has 2 amide bonds. The van der Waals surface area contributed by atoms with E-state index in [-0.39, 0.29) is 17.9 Å². The number of aromatic nitrogens is 1. The minimum atomic E-state index is 0.0719. The van der Waals surface area contributed by atoms with Crippen LogP contribution in [0.4, 0.5) is 0 Å². The molecule has 2 fully saturated rings. The van der Waals surface area contributed by atoms with E-state index < -0.39 is 0 Å². The van der Waals surface area contributed by atoms with E-state index in [9.17, 15) is 9.59 Å². The number of benzene rings is 1. The van der Waals surface area contributed by atoms with Crippen molar-refractivity contribution in [3.8, 4) is 11.3 Å². The first-order chi connectivity index (χ1) is 12.5. The molecule has 2 aliphatic rings. The van der Waals surface area contributed by atoms with Crippen molar-refractivity contribution in [3.05, 3.63) is 47.7 Å². The Kier molecular flexibility index (Phi) is 4.31. The highest BCUT2D eigenvalue weighted by Crippen LogP contribution is 2.29. The maximum atomic E-state index is 13.2. The van der Waals surface area contributed by atoms with Gasteiger partial charge in [-0.3, -0.25) is 9.59 Å². The van der Waals surface area contributed by atoms with Crippen LogP contribution in [0, 0.1) is 12.8 Å².